The Bertz CT molecular complexity index is 674. The second-order valence-corrected chi connectivity index (χ2v) is 4.94. The zero-order valence-corrected chi connectivity index (χ0v) is 12.5. The number of nitro groups is 1. The summed E-state index contributed by atoms with van der Waals surface area (Å²) in [6.45, 7) is 2.29. The second kappa shape index (κ2) is 6.45. The highest BCUT2D eigenvalue weighted by Crippen LogP contribution is 2.28. The van der Waals surface area contributed by atoms with E-state index in [0.717, 1.165) is 16.8 Å². The van der Waals surface area contributed by atoms with E-state index in [0.29, 0.717) is 17.3 Å². The molecule has 0 spiro atoms. The van der Waals surface area contributed by atoms with Crippen LogP contribution in [0.1, 0.15) is 11.1 Å². The molecular formula is C15H15ClN2O3. The van der Waals surface area contributed by atoms with Gasteiger partial charge in [-0.1, -0.05) is 17.7 Å². The third-order valence-corrected chi connectivity index (χ3v) is 3.53. The van der Waals surface area contributed by atoms with Crippen molar-refractivity contribution < 1.29 is 9.66 Å². The fraction of sp³-hybridized carbons (Fsp3) is 0.200. The van der Waals surface area contributed by atoms with Gasteiger partial charge in [-0.15, -0.1) is 0 Å². The lowest BCUT2D eigenvalue weighted by molar-refractivity contribution is -0.384. The third kappa shape index (κ3) is 3.44. The van der Waals surface area contributed by atoms with E-state index >= 15 is 0 Å². The number of benzene rings is 2. The number of methoxy groups -OCH3 is 1. The van der Waals surface area contributed by atoms with Gasteiger partial charge in [-0.2, -0.15) is 0 Å². The minimum Gasteiger partial charge on any atom is -0.496 e. The predicted octanol–water partition coefficient (Wildman–Crippen LogP) is 4.18. The number of aryl methyl sites for hydroxylation is 1. The summed E-state index contributed by atoms with van der Waals surface area (Å²) in [6.07, 6.45) is 0. The van der Waals surface area contributed by atoms with E-state index in [1.54, 1.807) is 19.2 Å². The topological polar surface area (TPSA) is 64.4 Å². The van der Waals surface area contributed by atoms with E-state index < -0.39 is 4.92 Å². The van der Waals surface area contributed by atoms with Crippen LogP contribution in [0, 0.1) is 17.0 Å². The standard InChI is InChI=1S/C15H15ClN2O3/c1-10-8-11(18(19)20)6-7-14(10)17-9-12-13(16)4-3-5-15(12)21-2/h3-8,17H,9H2,1-2H3. The average molecular weight is 307 g/mol. The van der Waals surface area contributed by atoms with E-state index in [9.17, 15) is 10.1 Å². The van der Waals surface area contributed by atoms with Crippen molar-refractivity contribution in [3.05, 3.63) is 62.7 Å². The Morgan fingerprint density at radius 1 is 1.33 bits per heavy atom. The minimum atomic E-state index is -0.409. The first-order valence-corrected chi connectivity index (χ1v) is 6.71. The van der Waals surface area contributed by atoms with Gasteiger partial charge in [0.05, 0.1) is 12.0 Å². The molecule has 0 saturated heterocycles. The fourth-order valence-electron chi connectivity index (χ4n) is 2.05. The van der Waals surface area contributed by atoms with Crippen molar-refractivity contribution in [2.24, 2.45) is 0 Å². The second-order valence-electron chi connectivity index (χ2n) is 4.53. The number of rotatable bonds is 5. The van der Waals surface area contributed by atoms with Gasteiger partial charge in [-0.3, -0.25) is 10.1 Å². The Hall–Kier alpha value is -2.27. The molecule has 0 aliphatic carbocycles. The molecule has 1 N–H and O–H groups in total. The zero-order valence-electron chi connectivity index (χ0n) is 11.7. The maximum Gasteiger partial charge on any atom is 0.269 e. The summed E-state index contributed by atoms with van der Waals surface area (Å²) in [4.78, 5) is 10.3. The molecule has 0 aliphatic rings. The van der Waals surface area contributed by atoms with Gasteiger partial charge in [0.2, 0.25) is 0 Å². The van der Waals surface area contributed by atoms with Crippen molar-refractivity contribution in [2.45, 2.75) is 13.5 Å². The van der Waals surface area contributed by atoms with Gasteiger partial charge in [-0.05, 0) is 30.7 Å². The molecule has 0 unspecified atom stereocenters. The van der Waals surface area contributed by atoms with Crippen molar-refractivity contribution in [1.82, 2.24) is 0 Å². The molecule has 0 amide bonds. The molecule has 2 aromatic carbocycles. The van der Waals surface area contributed by atoms with Crippen LogP contribution in [0.15, 0.2) is 36.4 Å². The quantitative estimate of drug-likeness (QED) is 0.665. The summed E-state index contributed by atoms with van der Waals surface area (Å²) < 4.78 is 5.28. The summed E-state index contributed by atoms with van der Waals surface area (Å²) in [5.74, 6) is 0.703. The van der Waals surface area contributed by atoms with Crippen molar-refractivity contribution >= 4 is 23.0 Å². The molecule has 5 nitrogen and oxygen atoms in total. The van der Waals surface area contributed by atoms with E-state index in [1.165, 1.54) is 12.1 Å². The molecule has 6 heteroatoms. The maximum absolute atomic E-state index is 10.7. The SMILES string of the molecule is COc1cccc(Cl)c1CNc1ccc([N+](=O)[O-])cc1C. The Morgan fingerprint density at radius 3 is 2.71 bits per heavy atom. The van der Waals surface area contributed by atoms with Crippen LogP contribution in [0.5, 0.6) is 5.75 Å². The lowest BCUT2D eigenvalue weighted by Crippen LogP contribution is -2.04. The van der Waals surface area contributed by atoms with Crippen LogP contribution in [0.2, 0.25) is 5.02 Å². The molecule has 0 bridgehead atoms. The van der Waals surface area contributed by atoms with Crippen molar-refractivity contribution in [1.29, 1.82) is 0 Å². The van der Waals surface area contributed by atoms with Gasteiger partial charge in [0.25, 0.3) is 5.69 Å². The van der Waals surface area contributed by atoms with Gasteiger partial charge in [0.1, 0.15) is 5.75 Å². The predicted molar refractivity (Wildman–Crippen MR) is 83.2 cm³/mol. The first-order valence-electron chi connectivity index (χ1n) is 6.33. The number of nitrogens with zero attached hydrogens (tertiary/aromatic N) is 1. The van der Waals surface area contributed by atoms with Crippen LogP contribution in [0.3, 0.4) is 0 Å². The number of halogens is 1. The highest BCUT2D eigenvalue weighted by Gasteiger charge is 2.10. The molecule has 0 aromatic heterocycles. The van der Waals surface area contributed by atoms with Crippen LogP contribution in [-0.4, -0.2) is 12.0 Å². The Balaban J connectivity index is 2.19. The molecular weight excluding hydrogens is 292 g/mol. The van der Waals surface area contributed by atoms with Crippen molar-refractivity contribution in [3.8, 4) is 5.75 Å². The van der Waals surface area contributed by atoms with Gasteiger partial charge in [0, 0.05) is 35.0 Å². The van der Waals surface area contributed by atoms with Crippen LogP contribution < -0.4 is 10.1 Å². The van der Waals surface area contributed by atoms with Gasteiger partial charge in [0.15, 0.2) is 0 Å². The number of hydrogen-bond donors (Lipinski definition) is 1. The molecule has 0 saturated carbocycles. The number of anilines is 1. The van der Waals surface area contributed by atoms with E-state index in [4.69, 9.17) is 16.3 Å². The lowest BCUT2D eigenvalue weighted by Gasteiger charge is -2.13. The van der Waals surface area contributed by atoms with Crippen LogP contribution in [0.4, 0.5) is 11.4 Å². The van der Waals surface area contributed by atoms with Gasteiger partial charge in [-0.25, -0.2) is 0 Å². The molecule has 0 heterocycles. The van der Waals surface area contributed by atoms with Crippen molar-refractivity contribution in [2.75, 3.05) is 12.4 Å². The van der Waals surface area contributed by atoms with E-state index in [1.807, 2.05) is 19.1 Å². The number of nitrogens with one attached hydrogen (secondary N) is 1. The number of nitro benzene ring substituents is 1. The lowest BCUT2D eigenvalue weighted by atomic mass is 10.1. The molecule has 0 atom stereocenters. The molecule has 110 valence electrons. The first-order chi connectivity index (χ1) is 10.0. The minimum absolute atomic E-state index is 0.0772. The average Bonchev–Trinajstić information content (AvgIpc) is 2.46. The molecule has 0 aliphatic heterocycles. The van der Waals surface area contributed by atoms with Crippen LogP contribution in [0.25, 0.3) is 0 Å². The summed E-state index contributed by atoms with van der Waals surface area (Å²) >= 11 is 6.17. The third-order valence-electron chi connectivity index (χ3n) is 3.17. The van der Waals surface area contributed by atoms with Crippen LogP contribution >= 0.6 is 11.6 Å². The van der Waals surface area contributed by atoms with Gasteiger partial charge >= 0.3 is 0 Å². The monoisotopic (exact) mass is 306 g/mol. The Labute approximate surface area is 127 Å². The maximum atomic E-state index is 10.7. The molecule has 21 heavy (non-hydrogen) atoms. The van der Waals surface area contributed by atoms with Crippen molar-refractivity contribution in [3.63, 3.8) is 0 Å². The Morgan fingerprint density at radius 2 is 2.10 bits per heavy atom. The Kier molecular flexibility index (Phi) is 4.65. The highest BCUT2D eigenvalue weighted by atomic mass is 35.5. The first kappa shape index (κ1) is 15.1. The van der Waals surface area contributed by atoms with Crippen LogP contribution in [-0.2, 0) is 6.54 Å². The number of ether oxygens (including phenoxy) is 1. The highest BCUT2D eigenvalue weighted by molar-refractivity contribution is 6.31. The summed E-state index contributed by atoms with van der Waals surface area (Å²) in [5.41, 5.74) is 2.55. The molecule has 2 aromatic rings. The fourth-order valence-corrected chi connectivity index (χ4v) is 2.28. The summed E-state index contributed by atoms with van der Waals surface area (Å²) in [7, 11) is 1.59. The molecule has 2 rings (SSSR count). The number of non-ortho nitro benzene ring substituents is 1. The summed E-state index contributed by atoms with van der Waals surface area (Å²) in [6, 6.07) is 10.2. The zero-order chi connectivity index (χ0) is 15.4. The van der Waals surface area contributed by atoms with E-state index in [-0.39, 0.29) is 5.69 Å². The van der Waals surface area contributed by atoms with E-state index in [2.05, 4.69) is 5.32 Å². The largest absolute Gasteiger partial charge is 0.496 e. The van der Waals surface area contributed by atoms with Gasteiger partial charge < -0.3 is 10.1 Å². The summed E-state index contributed by atoms with van der Waals surface area (Å²) in [5, 5.41) is 14.6. The normalized spacial score (nSPS) is 10.2. The molecule has 0 radical (unpaired) electrons. The smallest absolute Gasteiger partial charge is 0.269 e. The number of hydrogen-bond acceptors (Lipinski definition) is 4. The molecule has 0 fully saturated rings.